The van der Waals surface area contributed by atoms with Gasteiger partial charge in [-0.05, 0) is 30.7 Å². The molecule has 0 amide bonds. The second-order valence-electron chi connectivity index (χ2n) is 3.38. The second-order valence-corrected chi connectivity index (χ2v) is 3.38. The standard InChI is InChI=1S/C13H18/c1-3-5-9-12(4-2)13-10-7-6-8-11-13/h3,6-8,10-12H,1,4-5,9H2,2H3. The Morgan fingerprint density at radius 3 is 2.54 bits per heavy atom. The average molecular weight is 174 g/mol. The number of hydrogen-bond donors (Lipinski definition) is 0. The predicted octanol–water partition coefficient (Wildman–Crippen LogP) is 4.15. The highest BCUT2D eigenvalue weighted by Gasteiger charge is 2.06. The monoisotopic (exact) mass is 174 g/mol. The Labute approximate surface area is 81.3 Å². The van der Waals surface area contributed by atoms with Crippen molar-refractivity contribution in [2.24, 2.45) is 0 Å². The molecule has 0 aliphatic rings. The van der Waals surface area contributed by atoms with Gasteiger partial charge in [-0.15, -0.1) is 6.58 Å². The van der Waals surface area contributed by atoms with Gasteiger partial charge in [0.25, 0.3) is 0 Å². The zero-order chi connectivity index (χ0) is 9.52. The summed E-state index contributed by atoms with van der Waals surface area (Å²) in [7, 11) is 0. The Morgan fingerprint density at radius 2 is 2.00 bits per heavy atom. The second kappa shape index (κ2) is 5.58. The van der Waals surface area contributed by atoms with Crippen LogP contribution in [0.1, 0.15) is 37.7 Å². The summed E-state index contributed by atoms with van der Waals surface area (Å²) in [5, 5.41) is 0. The van der Waals surface area contributed by atoms with E-state index in [1.165, 1.54) is 18.4 Å². The average Bonchev–Trinajstić information content (AvgIpc) is 2.21. The lowest BCUT2D eigenvalue weighted by molar-refractivity contribution is 0.613. The molecule has 0 saturated heterocycles. The largest absolute Gasteiger partial charge is 0.103 e. The van der Waals surface area contributed by atoms with E-state index >= 15 is 0 Å². The van der Waals surface area contributed by atoms with Gasteiger partial charge in [0.15, 0.2) is 0 Å². The third-order valence-corrected chi connectivity index (χ3v) is 2.48. The van der Waals surface area contributed by atoms with E-state index in [1.54, 1.807) is 0 Å². The lowest BCUT2D eigenvalue weighted by Crippen LogP contribution is -1.95. The highest BCUT2D eigenvalue weighted by atomic mass is 14.1. The zero-order valence-corrected chi connectivity index (χ0v) is 8.37. The molecule has 0 heteroatoms. The molecule has 1 rings (SSSR count). The summed E-state index contributed by atoms with van der Waals surface area (Å²) >= 11 is 0. The van der Waals surface area contributed by atoms with E-state index in [9.17, 15) is 0 Å². The molecule has 0 nitrogen and oxygen atoms in total. The number of benzene rings is 1. The van der Waals surface area contributed by atoms with Crippen LogP contribution in [0.2, 0.25) is 0 Å². The minimum atomic E-state index is 0.708. The van der Waals surface area contributed by atoms with Crippen LogP contribution in [0.5, 0.6) is 0 Å². The summed E-state index contributed by atoms with van der Waals surface area (Å²) in [5.74, 6) is 0.708. The fourth-order valence-electron chi connectivity index (χ4n) is 1.65. The summed E-state index contributed by atoms with van der Waals surface area (Å²) in [5.41, 5.74) is 1.46. The van der Waals surface area contributed by atoms with E-state index in [-0.39, 0.29) is 0 Å². The van der Waals surface area contributed by atoms with Gasteiger partial charge in [-0.2, -0.15) is 0 Å². The molecular formula is C13H18. The van der Waals surface area contributed by atoms with Crippen LogP contribution in [0.15, 0.2) is 43.0 Å². The lowest BCUT2D eigenvalue weighted by Gasteiger charge is -2.13. The molecule has 0 spiro atoms. The Morgan fingerprint density at radius 1 is 1.31 bits per heavy atom. The molecule has 13 heavy (non-hydrogen) atoms. The Balaban J connectivity index is 2.61. The van der Waals surface area contributed by atoms with Gasteiger partial charge in [-0.25, -0.2) is 0 Å². The molecule has 0 fully saturated rings. The molecular weight excluding hydrogens is 156 g/mol. The fourth-order valence-corrected chi connectivity index (χ4v) is 1.65. The van der Waals surface area contributed by atoms with Crippen molar-refractivity contribution in [3.63, 3.8) is 0 Å². The minimum absolute atomic E-state index is 0.708. The summed E-state index contributed by atoms with van der Waals surface area (Å²) in [4.78, 5) is 0. The number of allylic oxidation sites excluding steroid dienone is 1. The topological polar surface area (TPSA) is 0 Å². The SMILES string of the molecule is C=CCCC(CC)c1ccccc1. The van der Waals surface area contributed by atoms with Gasteiger partial charge < -0.3 is 0 Å². The van der Waals surface area contributed by atoms with Crippen molar-refractivity contribution in [1.82, 2.24) is 0 Å². The smallest absolute Gasteiger partial charge is 0.0162 e. The van der Waals surface area contributed by atoms with E-state index in [1.807, 2.05) is 6.08 Å². The van der Waals surface area contributed by atoms with Gasteiger partial charge in [-0.3, -0.25) is 0 Å². The van der Waals surface area contributed by atoms with Crippen LogP contribution in [0.3, 0.4) is 0 Å². The molecule has 0 heterocycles. The molecule has 1 unspecified atom stereocenters. The van der Waals surface area contributed by atoms with Crippen LogP contribution in [0.4, 0.5) is 0 Å². The third-order valence-electron chi connectivity index (χ3n) is 2.48. The quantitative estimate of drug-likeness (QED) is 0.588. The molecule has 0 aromatic heterocycles. The lowest BCUT2D eigenvalue weighted by atomic mass is 9.92. The first-order valence-electron chi connectivity index (χ1n) is 5.04. The van der Waals surface area contributed by atoms with Crippen LogP contribution in [-0.4, -0.2) is 0 Å². The molecule has 0 N–H and O–H groups in total. The molecule has 0 saturated carbocycles. The van der Waals surface area contributed by atoms with Gasteiger partial charge in [0.2, 0.25) is 0 Å². The zero-order valence-electron chi connectivity index (χ0n) is 8.37. The maximum absolute atomic E-state index is 3.76. The Hall–Kier alpha value is -1.04. The van der Waals surface area contributed by atoms with Gasteiger partial charge in [0.05, 0.1) is 0 Å². The van der Waals surface area contributed by atoms with Crippen molar-refractivity contribution in [2.75, 3.05) is 0 Å². The maximum atomic E-state index is 3.76. The maximum Gasteiger partial charge on any atom is -0.0162 e. The molecule has 0 aliphatic heterocycles. The molecule has 0 radical (unpaired) electrons. The predicted molar refractivity (Wildman–Crippen MR) is 58.9 cm³/mol. The van der Waals surface area contributed by atoms with Gasteiger partial charge >= 0.3 is 0 Å². The fraction of sp³-hybridized carbons (Fsp3) is 0.385. The Kier molecular flexibility index (Phi) is 4.31. The molecule has 70 valence electrons. The molecule has 1 aromatic rings. The van der Waals surface area contributed by atoms with Crippen LogP contribution in [0.25, 0.3) is 0 Å². The summed E-state index contributed by atoms with van der Waals surface area (Å²) < 4.78 is 0. The molecule has 1 atom stereocenters. The van der Waals surface area contributed by atoms with Crippen molar-refractivity contribution < 1.29 is 0 Å². The van der Waals surface area contributed by atoms with E-state index in [2.05, 4.69) is 43.8 Å². The first kappa shape index (κ1) is 10.0. The van der Waals surface area contributed by atoms with Gasteiger partial charge in [0, 0.05) is 0 Å². The normalized spacial score (nSPS) is 12.4. The van der Waals surface area contributed by atoms with Gasteiger partial charge in [0.1, 0.15) is 0 Å². The first-order chi connectivity index (χ1) is 6.38. The first-order valence-corrected chi connectivity index (χ1v) is 5.04. The van der Waals surface area contributed by atoms with Crippen LogP contribution >= 0.6 is 0 Å². The van der Waals surface area contributed by atoms with Gasteiger partial charge in [-0.1, -0.05) is 43.3 Å². The van der Waals surface area contributed by atoms with Crippen LogP contribution in [0, 0.1) is 0 Å². The van der Waals surface area contributed by atoms with Crippen molar-refractivity contribution in [1.29, 1.82) is 0 Å². The summed E-state index contributed by atoms with van der Waals surface area (Å²) in [6.45, 7) is 6.01. The summed E-state index contributed by atoms with van der Waals surface area (Å²) in [6, 6.07) is 10.7. The van der Waals surface area contributed by atoms with Crippen molar-refractivity contribution in [3.05, 3.63) is 48.6 Å². The third kappa shape index (κ3) is 3.06. The highest BCUT2D eigenvalue weighted by molar-refractivity contribution is 5.19. The van der Waals surface area contributed by atoms with Crippen molar-refractivity contribution in [2.45, 2.75) is 32.1 Å². The molecule has 0 aliphatic carbocycles. The van der Waals surface area contributed by atoms with Crippen molar-refractivity contribution in [3.8, 4) is 0 Å². The van der Waals surface area contributed by atoms with E-state index < -0.39 is 0 Å². The van der Waals surface area contributed by atoms with E-state index in [0.29, 0.717) is 5.92 Å². The van der Waals surface area contributed by atoms with Crippen LogP contribution in [-0.2, 0) is 0 Å². The van der Waals surface area contributed by atoms with Crippen molar-refractivity contribution >= 4 is 0 Å². The number of rotatable bonds is 5. The number of hydrogen-bond acceptors (Lipinski definition) is 0. The minimum Gasteiger partial charge on any atom is -0.103 e. The highest BCUT2D eigenvalue weighted by Crippen LogP contribution is 2.24. The van der Waals surface area contributed by atoms with E-state index in [0.717, 1.165) is 6.42 Å². The van der Waals surface area contributed by atoms with Crippen LogP contribution < -0.4 is 0 Å². The Bertz CT molecular complexity index is 235. The molecule has 1 aromatic carbocycles. The summed E-state index contributed by atoms with van der Waals surface area (Å²) in [6.07, 6.45) is 5.57. The molecule has 0 bridgehead atoms. The van der Waals surface area contributed by atoms with E-state index in [4.69, 9.17) is 0 Å².